The van der Waals surface area contributed by atoms with Crippen LogP contribution in [0.5, 0.6) is 0 Å². The number of nitrogens with zero attached hydrogens (tertiary/aromatic N) is 3. The highest BCUT2D eigenvalue weighted by Crippen LogP contribution is 2.17. The fraction of sp³-hybridized carbons (Fsp3) is 0.538. The molecular formula is C13H20N4S. The Morgan fingerprint density at radius 3 is 2.78 bits per heavy atom. The van der Waals surface area contributed by atoms with Crippen LogP contribution in [0.1, 0.15) is 43.6 Å². The minimum Gasteiger partial charge on any atom is -0.337 e. The Morgan fingerprint density at radius 2 is 2.17 bits per heavy atom. The standard InChI is InChI=1S/C13H20N4S/c1-5-11-10(7-16(4)15-11)8-17-12(9(2)3)6-14-13(17)18/h6-7,9H,5,8H2,1-4H3,(H,14,18). The molecule has 0 aromatic carbocycles. The van der Waals surface area contributed by atoms with Crippen LogP contribution in [0.25, 0.3) is 0 Å². The van der Waals surface area contributed by atoms with Gasteiger partial charge >= 0.3 is 0 Å². The lowest BCUT2D eigenvalue weighted by molar-refractivity contribution is 0.680. The van der Waals surface area contributed by atoms with E-state index in [2.05, 4.69) is 41.6 Å². The van der Waals surface area contributed by atoms with Gasteiger partial charge in [-0.2, -0.15) is 5.10 Å². The monoisotopic (exact) mass is 264 g/mol. The third-order valence-corrected chi connectivity index (χ3v) is 3.49. The zero-order valence-electron chi connectivity index (χ0n) is 11.4. The molecular weight excluding hydrogens is 244 g/mol. The summed E-state index contributed by atoms with van der Waals surface area (Å²) in [6, 6.07) is 0. The van der Waals surface area contributed by atoms with E-state index in [1.54, 1.807) is 0 Å². The van der Waals surface area contributed by atoms with Gasteiger partial charge in [0.15, 0.2) is 4.77 Å². The van der Waals surface area contributed by atoms with Gasteiger partial charge in [-0.3, -0.25) is 4.68 Å². The molecule has 98 valence electrons. The van der Waals surface area contributed by atoms with Gasteiger partial charge in [0.05, 0.1) is 12.2 Å². The summed E-state index contributed by atoms with van der Waals surface area (Å²) in [6.07, 6.45) is 5.04. The van der Waals surface area contributed by atoms with Crippen molar-refractivity contribution in [2.75, 3.05) is 0 Å². The van der Waals surface area contributed by atoms with E-state index in [9.17, 15) is 0 Å². The van der Waals surface area contributed by atoms with Crippen LogP contribution in [0.4, 0.5) is 0 Å². The van der Waals surface area contributed by atoms with Gasteiger partial charge in [0, 0.05) is 30.7 Å². The fourth-order valence-corrected chi connectivity index (χ4v) is 2.46. The van der Waals surface area contributed by atoms with E-state index < -0.39 is 0 Å². The number of aromatic amines is 1. The van der Waals surface area contributed by atoms with Crippen LogP contribution < -0.4 is 0 Å². The van der Waals surface area contributed by atoms with Crippen molar-refractivity contribution in [2.24, 2.45) is 7.05 Å². The topological polar surface area (TPSA) is 38.5 Å². The van der Waals surface area contributed by atoms with E-state index in [0.717, 1.165) is 23.4 Å². The van der Waals surface area contributed by atoms with Crippen molar-refractivity contribution >= 4 is 12.2 Å². The summed E-state index contributed by atoms with van der Waals surface area (Å²) in [6.45, 7) is 7.29. The molecule has 0 unspecified atom stereocenters. The van der Waals surface area contributed by atoms with Gasteiger partial charge in [0.25, 0.3) is 0 Å². The second-order valence-electron chi connectivity index (χ2n) is 4.89. The Labute approximate surface area is 113 Å². The Morgan fingerprint density at radius 1 is 1.44 bits per heavy atom. The summed E-state index contributed by atoms with van der Waals surface area (Å²) in [5, 5.41) is 4.47. The van der Waals surface area contributed by atoms with Crippen molar-refractivity contribution in [2.45, 2.75) is 39.7 Å². The van der Waals surface area contributed by atoms with Crippen molar-refractivity contribution in [1.29, 1.82) is 0 Å². The van der Waals surface area contributed by atoms with Gasteiger partial charge < -0.3 is 9.55 Å². The Bertz CT molecular complexity index is 588. The maximum atomic E-state index is 5.36. The zero-order chi connectivity index (χ0) is 13.3. The fourth-order valence-electron chi connectivity index (χ4n) is 2.23. The largest absolute Gasteiger partial charge is 0.337 e. The number of hydrogen-bond donors (Lipinski definition) is 1. The normalized spacial score (nSPS) is 11.4. The number of H-pyrrole nitrogens is 1. The molecule has 5 heteroatoms. The molecule has 0 amide bonds. The summed E-state index contributed by atoms with van der Waals surface area (Å²) in [5.74, 6) is 0.458. The summed E-state index contributed by atoms with van der Waals surface area (Å²) < 4.78 is 4.82. The molecule has 0 saturated heterocycles. The van der Waals surface area contributed by atoms with Crippen LogP contribution in [0.2, 0.25) is 0 Å². The molecule has 18 heavy (non-hydrogen) atoms. The lowest BCUT2D eigenvalue weighted by Gasteiger charge is -2.10. The molecule has 2 aromatic rings. The average Bonchev–Trinajstić information content (AvgIpc) is 2.84. The van der Waals surface area contributed by atoms with Gasteiger partial charge in [0.2, 0.25) is 0 Å². The molecule has 0 aliphatic rings. The molecule has 0 saturated carbocycles. The van der Waals surface area contributed by atoms with E-state index in [0.29, 0.717) is 5.92 Å². The number of imidazole rings is 1. The maximum Gasteiger partial charge on any atom is 0.177 e. The van der Waals surface area contributed by atoms with Crippen LogP contribution in [-0.2, 0) is 20.0 Å². The van der Waals surface area contributed by atoms with Crippen LogP contribution in [-0.4, -0.2) is 19.3 Å². The third-order valence-electron chi connectivity index (χ3n) is 3.15. The Kier molecular flexibility index (Phi) is 3.71. The quantitative estimate of drug-likeness (QED) is 0.862. The summed E-state index contributed by atoms with van der Waals surface area (Å²) >= 11 is 5.36. The number of nitrogens with one attached hydrogen (secondary N) is 1. The van der Waals surface area contributed by atoms with Crippen LogP contribution in [0.15, 0.2) is 12.4 Å². The van der Waals surface area contributed by atoms with E-state index in [1.807, 2.05) is 17.9 Å². The minimum absolute atomic E-state index is 0.458. The Hall–Kier alpha value is -1.36. The molecule has 2 heterocycles. The van der Waals surface area contributed by atoms with Gasteiger partial charge in [-0.05, 0) is 24.6 Å². The van der Waals surface area contributed by atoms with Crippen molar-refractivity contribution in [3.05, 3.63) is 34.1 Å². The van der Waals surface area contributed by atoms with Crippen LogP contribution in [0.3, 0.4) is 0 Å². The molecule has 0 aliphatic heterocycles. The lowest BCUT2D eigenvalue weighted by atomic mass is 10.1. The number of aryl methyl sites for hydroxylation is 2. The molecule has 1 N–H and O–H groups in total. The van der Waals surface area contributed by atoms with Gasteiger partial charge in [-0.1, -0.05) is 20.8 Å². The molecule has 0 bridgehead atoms. The Balaban J connectivity index is 2.39. The number of aromatic nitrogens is 4. The van der Waals surface area contributed by atoms with Crippen molar-refractivity contribution < 1.29 is 0 Å². The molecule has 4 nitrogen and oxygen atoms in total. The van der Waals surface area contributed by atoms with E-state index in [1.165, 1.54) is 11.3 Å². The van der Waals surface area contributed by atoms with Crippen LogP contribution in [0, 0.1) is 4.77 Å². The molecule has 2 aromatic heterocycles. The van der Waals surface area contributed by atoms with Crippen molar-refractivity contribution in [3.63, 3.8) is 0 Å². The van der Waals surface area contributed by atoms with Crippen molar-refractivity contribution in [3.8, 4) is 0 Å². The first-order chi connectivity index (χ1) is 8.52. The smallest absolute Gasteiger partial charge is 0.177 e. The second kappa shape index (κ2) is 5.10. The van der Waals surface area contributed by atoms with E-state index in [-0.39, 0.29) is 0 Å². The zero-order valence-corrected chi connectivity index (χ0v) is 12.2. The van der Waals surface area contributed by atoms with Gasteiger partial charge in [-0.25, -0.2) is 0 Å². The number of rotatable bonds is 4. The molecule has 0 spiro atoms. The van der Waals surface area contributed by atoms with Crippen molar-refractivity contribution in [1.82, 2.24) is 19.3 Å². The highest BCUT2D eigenvalue weighted by atomic mass is 32.1. The van der Waals surface area contributed by atoms with E-state index >= 15 is 0 Å². The lowest BCUT2D eigenvalue weighted by Crippen LogP contribution is -2.06. The summed E-state index contributed by atoms with van der Waals surface area (Å²) in [5.41, 5.74) is 3.64. The molecule has 2 rings (SSSR count). The van der Waals surface area contributed by atoms with E-state index in [4.69, 9.17) is 12.2 Å². The average molecular weight is 264 g/mol. The minimum atomic E-state index is 0.458. The predicted molar refractivity (Wildman–Crippen MR) is 75.4 cm³/mol. The van der Waals surface area contributed by atoms with Gasteiger partial charge in [0.1, 0.15) is 0 Å². The molecule has 0 atom stereocenters. The SMILES string of the molecule is CCc1nn(C)cc1Cn1c(C(C)C)c[nH]c1=S. The second-order valence-corrected chi connectivity index (χ2v) is 5.27. The van der Waals surface area contributed by atoms with Crippen LogP contribution >= 0.6 is 12.2 Å². The molecule has 0 radical (unpaired) electrons. The third kappa shape index (κ3) is 2.41. The maximum absolute atomic E-state index is 5.36. The summed E-state index contributed by atoms with van der Waals surface area (Å²) in [4.78, 5) is 3.13. The van der Waals surface area contributed by atoms with Gasteiger partial charge in [-0.15, -0.1) is 0 Å². The number of hydrogen-bond acceptors (Lipinski definition) is 2. The first kappa shape index (κ1) is 13.1. The molecule has 0 aliphatic carbocycles. The predicted octanol–water partition coefficient (Wildman–Crippen LogP) is 3.01. The first-order valence-corrected chi connectivity index (χ1v) is 6.73. The highest BCUT2D eigenvalue weighted by molar-refractivity contribution is 7.71. The first-order valence-electron chi connectivity index (χ1n) is 6.32. The molecule has 0 fully saturated rings. The summed E-state index contributed by atoms with van der Waals surface area (Å²) in [7, 11) is 1.96. The highest BCUT2D eigenvalue weighted by Gasteiger charge is 2.12.